The van der Waals surface area contributed by atoms with Crippen molar-refractivity contribution in [2.75, 3.05) is 6.61 Å². The Morgan fingerprint density at radius 2 is 1.91 bits per heavy atom. The van der Waals surface area contributed by atoms with Crippen LogP contribution in [0.4, 0.5) is 13.2 Å². The zero-order valence-electron chi connectivity index (χ0n) is 5.60. The molecule has 1 saturated heterocycles. The van der Waals surface area contributed by atoms with Gasteiger partial charge >= 0.3 is 6.18 Å². The average molecular weight is 192 g/mol. The Bertz CT molecular complexity index is 129. The summed E-state index contributed by atoms with van der Waals surface area (Å²) >= 11 is 0. The SMILES string of the molecule is Cl.NC1CCOC1C(F)(F)F. The summed E-state index contributed by atoms with van der Waals surface area (Å²) in [6, 6.07) is -0.875. The minimum Gasteiger partial charge on any atom is -0.367 e. The number of rotatable bonds is 0. The van der Waals surface area contributed by atoms with Gasteiger partial charge in [0.15, 0.2) is 6.10 Å². The first-order valence-electron chi connectivity index (χ1n) is 2.95. The maximum Gasteiger partial charge on any atom is 0.416 e. The van der Waals surface area contributed by atoms with Crippen LogP contribution in [0.5, 0.6) is 0 Å². The minimum atomic E-state index is -4.30. The van der Waals surface area contributed by atoms with Crippen molar-refractivity contribution in [2.24, 2.45) is 5.73 Å². The molecular formula is C5H9ClF3NO. The molecule has 6 heteroatoms. The molecule has 0 bridgehead atoms. The van der Waals surface area contributed by atoms with Crippen LogP contribution in [0.1, 0.15) is 6.42 Å². The van der Waals surface area contributed by atoms with Crippen LogP contribution < -0.4 is 5.73 Å². The predicted molar refractivity (Wildman–Crippen MR) is 35.6 cm³/mol. The van der Waals surface area contributed by atoms with E-state index in [0.29, 0.717) is 6.42 Å². The smallest absolute Gasteiger partial charge is 0.367 e. The van der Waals surface area contributed by atoms with Crippen molar-refractivity contribution < 1.29 is 17.9 Å². The van der Waals surface area contributed by atoms with Crippen LogP contribution in [-0.2, 0) is 4.74 Å². The fourth-order valence-electron chi connectivity index (χ4n) is 0.943. The maximum absolute atomic E-state index is 11.8. The first-order chi connectivity index (χ1) is 4.52. The number of alkyl halides is 3. The molecule has 2 nitrogen and oxygen atoms in total. The van der Waals surface area contributed by atoms with E-state index in [0.717, 1.165) is 0 Å². The zero-order chi connectivity index (χ0) is 7.78. The number of hydrogen-bond donors (Lipinski definition) is 1. The van der Waals surface area contributed by atoms with Crippen LogP contribution in [0.15, 0.2) is 0 Å². The van der Waals surface area contributed by atoms with E-state index in [-0.39, 0.29) is 19.0 Å². The molecule has 0 aromatic carbocycles. The van der Waals surface area contributed by atoms with E-state index in [1.165, 1.54) is 0 Å². The highest BCUT2D eigenvalue weighted by atomic mass is 35.5. The molecule has 0 saturated carbocycles. The lowest BCUT2D eigenvalue weighted by molar-refractivity contribution is -0.209. The van der Waals surface area contributed by atoms with Crippen molar-refractivity contribution in [3.8, 4) is 0 Å². The van der Waals surface area contributed by atoms with Crippen molar-refractivity contribution in [3.05, 3.63) is 0 Å². The van der Waals surface area contributed by atoms with Gasteiger partial charge in [0.1, 0.15) is 0 Å². The Labute approximate surface area is 68.3 Å². The van der Waals surface area contributed by atoms with E-state index in [1.807, 2.05) is 0 Å². The van der Waals surface area contributed by atoms with E-state index in [1.54, 1.807) is 0 Å². The molecule has 2 unspecified atom stereocenters. The molecule has 1 heterocycles. The predicted octanol–water partition coefficient (Wildman–Crippen LogP) is 1.09. The third-order valence-electron chi connectivity index (χ3n) is 1.46. The highest BCUT2D eigenvalue weighted by molar-refractivity contribution is 5.85. The standard InChI is InChI=1S/C5H8F3NO.ClH/c6-5(7,8)4-3(9)1-2-10-4;/h3-4H,1-2,9H2;1H. The molecule has 0 spiro atoms. The number of halogens is 4. The van der Waals surface area contributed by atoms with Gasteiger partial charge in [-0.15, -0.1) is 12.4 Å². The lowest BCUT2D eigenvalue weighted by atomic mass is 10.1. The van der Waals surface area contributed by atoms with Gasteiger partial charge in [-0.25, -0.2) is 0 Å². The first-order valence-corrected chi connectivity index (χ1v) is 2.95. The molecule has 0 amide bonds. The first kappa shape index (κ1) is 11.0. The normalized spacial score (nSPS) is 31.6. The Morgan fingerprint density at radius 1 is 1.36 bits per heavy atom. The van der Waals surface area contributed by atoms with Crippen molar-refractivity contribution in [1.29, 1.82) is 0 Å². The molecule has 0 aromatic heterocycles. The Balaban J connectivity index is 0.000001000. The summed E-state index contributed by atoms with van der Waals surface area (Å²) in [7, 11) is 0. The zero-order valence-corrected chi connectivity index (χ0v) is 6.41. The van der Waals surface area contributed by atoms with Crippen molar-refractivity contribution in [3.63, 3.8) is 0 Å². The summed E-state index contributed by atoms with van der Waals surface area (Å²) < 4.78 is 39.8. The van der Waals surface area contributed by atoms with Gasteiger partial charge in [-0.3, -0.25) is 0 Å². The summed E-state index contributed by atoms with van der Waals surface area (Å²) in [4.78, 5) is 0. The van der Waals surface area contributed by atoms with Gasteiger partial charge < -0.3 is 10.5 Å². The van der Waals surface area contributed by atoms with Gasteiger partial charge in [0, 0.05) is 12.6 Å². The largest absolute Gasteiger partial charge is 0.416 e. The minimum absolute atomic E-state index is 0. The molecular weight excluding hydrogens is 183 g/mol. The van der Waals surface area contributed by atoms with E-state index >= 15 is 0 Å². The van der Waals surface area contributed by atoms with Gasteiger partial charge in [-0.05, 0) is 6.42 Å². The second kappa shape index (κ2) is 3.60. The molecule has 0 aliphatic carbocycles. The fourth-order valence-corrected chi connectivity index (χ4v) is 0.943. The fraction of sp³-hybridized carbons (Fsp3) is 1.00. The second-order valence-electron chi connectivity index (χ2n) is 2.29. The van der Waals surface area contributed by atoms with Crippen LogP contribution in [0.3, 0.4) is 0 Å². The Hall–Kier alpha value is -0.0000000000000000555. The van der Waals surface area contributed by atoms with Crippen LogP contribution in [0.2, 0.25) is 0 Å². The molecule has 1 aliphatic heterocycles. The molecule has 11 heavy (non-hydrogen) atoms. The summed E-state index contributed by atoms with van der Waals surface area (Å²) in [6.07, 6.45) is -5.74. The van der Waals surface area contributed by atoms with Crippen LogP contribution >= 0.6 is 12.4 Å². The summed E-state index contributed by atoms with van der Waals surface area (Å²) in [5.74, 6) is 0. The van der Waals surface area contributed by atoms with Crippen LogP contribution in [0.25, 0.3) is 0 Å². The molecule has 0 radical (unpaired) electrons. The van der Waals surface area contributed by atoms with Gasteiger partial charge in [-0.1, -0.05) is 0 Å². The molecule has 1 fully saturated rings. The lowest BCUT2D eigenvalue weighted by Crippen LogP contribution is -2.41. The van der Waals surface area contributed by atoms with Crippen molar-refractivity contribution in [1.82, 2.24) is 0 Å². The Morgan fingerprint density at radius 3 is 2.09 bits per heavy atom. The average Bonchev–Trinajstić information content (AvgIpc) is 2.11. The third-order valence-corrected chi connectivity index (χ3v) is 1.46. The summed E-state index contributed by atoms with van der Waals surface area (Å²) in [5, 5.41) is 0. The number of ether oxygens (including phenoxy) is 1. The van der Waals surface area contributed by atoms with Gasteiger partial charge in [0.2, 0.25) is 0 Å². The Kier molecular flexibility index (Phi) is 3.60. The third kappa shape index (κ3) is 2.50. The summed E-state index contributed by atoms with van der Waals surface area (Å²) in [6.45, 7) is 0.116. The lowest BCUT2D eigenvalue weighted by Gasteiger charge is -2.17. The summed E-state index contributed by atoms with van der Waals surface area (Å²) in [5.41, 5.74) is 5.12. The molecule has 2 N–H and O–H groups in total. The highest BCUT2D eigenvalue weighted by Gasteiger charge is 2.47. The van der Waals surface area contributed by atoms with Gasteiger partial charge in [0.05, 0.1) is 0 Å². The van der Waals surface area contributed by atoms with Crippen molar-refractivity contribution >= 4 is 12.4 Å². The number of hydrogen-bond acceptors (Lipinski definition) is 2. The maximum atomic E-state index is 11.8. The quantitative estimate of drug-likeness (QED) is 0.622. The van der Waals surface area contributed by atoms with Gasteiger partial charge in [0.25, 0.3) is 0 Å². The monoisotopic (exact) mass is 191 g/mol. The number of nitrogens with two attached hydrogens (primary N) is 1. The van der Waals surface area contributed by atoms with Crippen LogP contribution in [-0.4, -0.2) is 24.9 Å². The van der Waals surface area contributed by atoms with E-state index in [9.17, 15) is 13.2 Å². The molecule has 1 rings (SSSR count). The molecule has 1 aliphatic rings. The molecule has 68 valence electrons. The van der Waals surface area contributed by atoms with E-state index < -0.39 is 18.3 Å². The van der Waals surface area contributed by atoms with Crippen molar-refractivity contribution in [2.45, 2.75) is 24.7 Å². The van der Waals surface area contributed by atoms with E-state index in [2.05, 4.69) is 4.74 Å². The molecule has 0 aromatic rings. The van der Waals surface area contributed by atoms with E-state index in [4.69, 9.17) is 5.73 Å². The topological polar surface area (TPSA) is 35.2 Å². The highest BCUT2D eigenvalue weighted by Crippen LogP contribution is 2.29. The van der Waals surface area contributed by atoms with Gasteiger partial charge in [-0.2, -0.15) is 13.2 Å². The van der Waals surface area contributed by atoms with Crippen LogP contribution in [0, 0.1) is 0 Å². The molecule has 2 atom stereocenters. The second-order valence-corrected chi connectivity index (χ2v) is 2.29.